The van der Waals surface area contributed by atoms with Crippen LogP contribution in [0, 0.1) is 36.0 Å². The van der Waals surface area contributed by atoms with Gasteiger partial charge in [-0.3, -0.25) is 28.8 Å². The van der Waals surface area contributed by atoms with E-state index < -0.39 is 46.8 Å². The van der Waals surface area contributed by atoms with E-state index in [4.69, 9.17) is 28.3 Å². The van der Waals surface area contributed by atoms with E-state index in [0.29, 0.717) is 32.8 Å². The van der Waals surface area contributed by atoms with Crippen molar-refractivity contribution in [3.63, 3.8) is 0 Å². The molecule has 4 aliphatic rings. The van der Waals surface area contributed by atoms with Crippen molar-refractivity contribution < 1.29 is 24.3 Å². The Kier molecular flexibility index (Phi) is 7.75. The molecule has 3 fully saturated rings. The first-order valence-corrected chi connectivity index (χ1v) is 20.1. The Morgan fingerprint density at radius 2 is 1.59 bits per heavy atom. The van der Waals surface area contributed by atoms with Gasteiger partial charge in [-0.2, -0.15) is 5.10 Å². The number of fused-ring (bicyclic) bond motifs is 6. The summed E-state index contributed by atoms with van der Waals surface area (Å²) in [6.07, 6.45) is 2.46. The van der Waals surface area contributed by atoms with Crippen LogP contribution in [0.1, 0.15) is 36.8 Å². The molecule has 10 rings (SSSR count). The number of halogens is 2. The van der Waals surface area contributed by atoms with Gasteiger partial charge in [0.1, 0.15) is 17.3 Å². The molecule has 4 heterocycles. The first-order chi connectivity index (χ1) is 26.9. The molecule has 0 spiro atoms. The van der Waals surface area contributed by atoms with E-state index >= 15 is 9.59 Å². The number of aromatic hydroxyl groups is 1. The number of amides is 4. The predicted octanol–water partition coefficient (Wildman–Crippen LogP) is 9.21. The van der Waals surface area contributed by atoms with Gasteiger partial charge in [-0.25, -0.2) is 4.90 Å². The van der Waals surface area contributed by atoms with Crippen LogP contribution >= 0.6 is 34.5 Å². The predicted molar refractivity (Wildman–Crippen MR) is 218 cm³/mol. The molecule has 1 saturated carbocycles. The quantitative estimate of drug-likeness (QED) is 0.141. The second-order valence-corrected chi connectivity index (χ2v) is 17.5. The number of imide groups is 2. The van der Waals surface area contributed by atoms with E-state index in [9.17, 15) is 14.7 Å². The zero-order valence-electron chi connectivity index (χ0n) is 30.5. The number of benzene rings is 4. The van der Waals surface area contributed by atoms with E-state index in [0.717, 1.165) is 36.9 Å². The Hall–Kier alpha value is -5.29. The molecule has 6 unspecified atom stereocenters. The summed E-state index contributed by atoms with van der Waals surface area (Å²) < 4.78 is 2.61. The number of nitrogens with zero attached hydrogens (tertiary/aromatic N) is 4. The third-order valence-corrected chi connectivity index (χ3v) is 14.6. The third kappa shape index (κ3) is 4.75. The zero-order chi connectivity index (χ0) is 38.9. The number of carbonyl (C=O) groups excluding carboxylic acids is 4. The minimum atomic E-state index is -1.36. The van der Waals surface area contributed by atoms with E-state index in [2.05, 4.69) is 0 Å². The van der Waals surface area contributed by atoms with Gasteiger partial charge in [0.05, 0.1) is 33.7 Å². The summed E-state index contributed by atoms with van der Waals surface area (Å²) >= 11 is 14.1. The first-order valence-electron chi connectivity index (χ1n) is 18.5. The summed E-state index contributed by atoms with van der Waals surface area (Å²) in [6, 6.07) is 25.3. The summed E-state index contributed by atoms with van der Waals surface area (Å²) in [5.74, 6) is -4.72. The van der Waals surface area contributed by atoms with Crippen LogP contribution in [0.5, 0.6) is 5.75 Å². The Labute approximate surface area is 335 Å². The van der Waals surface area contributed by atoms with E-state index in [1.807, 2.05) is 68.5 Å². The smallest absolute Gasteiger partial charge is 0.242 e. The highest BCUT2D eigenvalue weighted by Gasteiger charge is 2.68. The Bertz CT molecular complexity index is 2770. The van der Waals surface area contributed by atoms with Gasteiger partial charge in [-0.15, -0.1) is 11.3 Å². The molecular weight excluding hydrogens is 767 g/mol. The number of anilines is 2. The topological polar surface area (TPSA) is 113 Å². The molecule has 280 valence electrons. The molecular formula is C44H34Cl2N4O5S. The lowest BCUT2D eigenvalue weighted by Gasteiger charge is -2.49. The molecule has 2 aliphatic carbocycles. The van der Waals surface area contributed by atoms with Crippen molar-refractivity contribution in [3.05, 3.63) is 118 Å². The van der Waals surface area contributed by atoms with Crippen LogP contribution in [0.4, 0.5) is 11.5 Å². The average Bonchev–Trinajstić information content (AvgIpc) is 3.86. The van der Waals surface area contributed by atoms with Crippen molar-refractivity contribution in [2.45, 2.75) is 32.6 Å². The van der Waals surface area contributed by atoms with Crippen molar-refractivity contribution in [3.8, 4) is 16.3 Å². The largest absolute Gasteiger partial charge is 0.508 e. The normalized spacial score (nSPS) is 25.9. The Morgan fingerprint density at radius 1 is 0.839 bits per heavy atom. The fourth-order valence-electron chi connectivity index (χ4n) is 10.2. The number of rotatable bonds is 4. The van der Waals surface area contributed by atoms with E-state index in [-0.39, 0.29) is 30.4 Å². The van der Waals surface area contributed by atoms with Crippen molar-refractivity contribution in [2.75, 3.05) is 9.80 Å². The van der Waals surface area contributed by atoms with Crippen molar-refractivity contribution in [1.29, 1.82) is 0 Å². The maximum Gasteiger partial charge on any atom is 0.242 e. The minimum Gasteiger partial charge on any atom is -0.508 e. The number of phenolic OH excluding ortho intramolecular Hbond substituents is 1. The van der Waals surface area contributed by atoms with E-state index in [1.165, 1.54) is 9.80 Å². The minimum absolute atomic E-state index is 0.00387. The molecule has 12 heteroatoms. The molecule has 0 bridgehead atoms. The molecule has 56 heavy (non-hydrogen) atoms. The number of thiophene rings is 1. The van der Waals surface area contributed by atoms with E-state index in [1.54, 1.807) is 59.5 Å². The fraction of sp³-hybridized carbons (Fsp3) is 0.250. The number of phenols is 1. The van der Waals surface area contributed by atoms with Crippen LogP contribution in [-0.4, -0.2) is 38.5 Å². The fourth-order valence-corrected chi connectivity index (χ4v) is 11.6. The van der Waals surface area contributed by atoms with Gasteiger partial charge < -0.3 is 5.11 Å². The van der Waals surface area contributed by atoms with Crippen LogP contribution in [0.15, 0.2) is 96.6 Å². The van der Waals surface area contributed by atoms with Crippen molar-refractivity contribution in [2.24, 2.45) is 36.1 Å². The maximum absolute atomic E-state index is 15.3. The summed E-state index contributed by atoms with van der Waals surface area (Å²) in [6.45, 7) is 3.83. The average molecular weight is 802 g/mol. The Morgan fingerprint density at radius 3 is 2.38 bits per heavy atom. The van der Waals surface area contributed by atoms with Crippen LogP contribution in [0.25, 0.3) is 31.4 Å². The number of aromatic nitrogens is 2. The number of hydrogen-bond acceptors (Lipinski definition) is 7. The SMILES string of the molecule is Cc1c(-c2cc(N3C(=O)C4CC5C(=CCC6C(=O)N(c7ccc(Cl)cc7)C(=O)C65)C(c5c(O)ccc6ccccc56)C4(C)C3=O)n(C)n2)sc2ccc(Cl)cc12. The molecule has 6 aromatic rings. The van der Waals surface area contributed by atoms with Gasteiger partial charge in [0.15, 0.2) is 0 Å². The maximum atomic E-state index is 15.3. The number of allylic oxidation sites excluding steroid dienone is 2. The number of hydrogen-bond donors (Lipinski definition) is 1. The van der Waals surface area contributed by atoms with Gasteiger partial charge >= 0.3 is 0 Å². The Balaban J connectivity index is 1.12. The molecule has 2 saturated heterocycles. The molecule has 0 radical (unpaired) electrons. The lowest BCUT2D eigenvalue weighted by molar-refractivity contribution is -0.131. The summed E-state index contributed by atoms with van der Waals surface area (Å²) in [5.41, 5.74) is 2.03. The highest BCUT2D eigenvalue weighted by atomic mass is 35.5. The summed E-state index contributed by atoms with van der Waals surface area (Å²) in [5, 5.41) is 20.4. The standard InChI is InChI=1S/C44H34Cl2N4O5S/c1-21-29-18-24(46)11-17-34(29)56-39(21)32-20-35(48(3)47-32)50-41(53)31-19-30-27(14-15-28-36(30)42(54)49(40(28)52)25-12-9-23(45)10-13-25)38(44(31,2)43(50)55)37-26-7-5-4-6-22(26)8-16-33(37)51/h4-14,16-18,20,28,30-31,36,38,51H,15,19H2,1-3H3. The number of aryl methyl sites for hydroxylation is 2. The summed E-state index contributed by atoms with van der Waals surface area (Å²) in [4.78, 5) is 62.4. The zero-order valence-corrected chi connectivity index (χ0v) is 32.8. The van der Waals surface area contributed by atoms with Crippen LogP contribution in [-0.2, 0) is 26.2 Å². The van der Waals surface area contributed by atoms with Gasteiger partial charge in [-0.1, -0.05) is 65.2 Å². The lowest BCUT2D eigenvalue weighted by atomic mass is 9.51. The highest BCUT2D eigenvalue weighted by molar-refractivity contribution is 7.22. The third-order valence-electron chi connectivity index (χ3n) is 12.8. The molecule has 2 aromatic heterocycles. The monoisotopic (exact) mass is 800 g/mol. The molecule has 9 nitrogen and oxygen atoms in total. The second-order valence-electron chi connectivity index (χ2n) is 15.6. The van der Waals surface area contributed by atoms with Crippen LogP contribution in [0.2, 0.25) is 10.0 Å². The van der Waals surface area contributed by atoms with Gasteiger partial charge in [0.2, 0.25) is 23.6 Å². The molecule has 2 aliphatic heterocycles. The van der Waals surface area contributed by atoms with Crippen LogP contribution in [0.3, 0.4) is 0 Å². The molecule has 6 atom stereocenters. The summed E-state index contributed by atoms with van der Waals surface area (Å²) in [7, 11) is 1.72. The lowest BCUT2D eigenvalue weighted by Crippen LogP contribution is -2.49. The second kappa shape index (κ2) is 12.4. The van der Waals surface area contributed by atoms with Crippen molar-refractivity contribution >= 4 is 90.5 Å². The highest BCUT2D eigenvalue weighted by Crippen LogP contribution is 2.65. The molecule has 1 N–H and O–H groups in total. The molecule has 4 amide bonds. The molecule has 4 aromatic carbocycles. The van der Waals surface area contributed by atoms with Gasteiger partial charge in [0, 0.05) is 39.3 Å². The van der Waals surface area contributed by atoms with Crippen molar-refractivity contribution in [1.82, 2.24) is 9.78 Å². The number of carbonyl (C=O) groups is 4. The van der Waals surface area contributed by atoms with Crippen LogP contribution < -0.4 is 9.80 Å². The van der Waals surface area contributed by atoms with Gasteiger partial charge in [-0.05, 0) is 103 Å². The van der Waals surface area contributed by atoms with Gasteiger partial charge in [0.25, 0.3) is 0 Å². The first kappa shape index (κ1) is 35.1.